The van der Waals surface area contributed by atoms with E-state index in [9.17, 15) is 4.79 Å². The Morgan fingerprint density at radius 2 is 2.11 bits per heavy atom. The fraction of sp³-hybridized carbons (Fsp3) is 0.333. The molecule has 96 valence electrons. The number of ether oxygens (including phenoxy) is 1. The molecule has 0 N–H and O–H groups in total. The number of rotatable bonds is 3. The Morgan fingerprint density at radius 3 is 2.72 bits per heavy atom. The van der Waals surface area contributed by atoms with Crippen LogP contribution < -0.4 is 4.74 Å². The molecule has 18 heavy (non-hydrogen) atoms. The van der Waals surface area contributed by atoms with Crippen molar-refractivity contribution >= 4 is 16.8 Å². The Labute approximate surface area is 105 Å². The van der Waals surface area contributed by atoms with Crippen molar-refractivity contribution in [1.29, 1.82) is 0 Å². The molecule has 1 aromatic carbocycles. The van der Waals surface area contributed by atoms with Crippen LogP contribution in [0.2, 0.25) is 0 Å². The number of aromatic nitrogens is 2. The first-order valence-corrected chi connectivity index (χ1v) is 5.41. The molecule has 0 radical (unpaired) electrons. The number of aryl methyl sites for hydroxylation is 1. The lowest BCUT2D eigenvalue weighted by atomic mass is 10.1. The van der Waals surface area contributed by atoms with E-state index in [1.807, 2.05) is 6.07 Å². The first-order chi connectivity index (χ1) is 8.58. The Morgan fingerprint density at radius 1 is 1.39 bits per heavy atom. The molecule has 0 aliphatic heterocycles. The van der Waals surface area contributed by atoms with Crippen LogP contribution in [-0.2, 0) is 11.9 Å². The average Bonchev–Trinajstić information content (AvgIpc) is 2.70. The molecular formula is C12H15N3O3. The van der Waals surface area contributed by atoms with E-state index in [1.54, 1.807) is 38.0 Å². The van der Waals surface area contributed by atoms with Gasteiger partial charge in [-0.3, -0.25) is 9.63 Å². The van der Waals surface area contributed by atoms with Crippen LogP contribution in [0, 0.1) is 0 Å². The lowest BCUT2D eigenvalue weighted by molar-refractivity contribution is -0.0756. The van der Waals surface area contributed by atoms with Crippen molar-refractivity contribution in [2.45, 2.75) is 0 Å². The summed E-state index contributed by atoms with van der Waals surface area (Å²) in [5.74, 6) is 0.452. The van der Waals surface area contributed by atoms with Gasteiger partial charge in [0, 0.05) is 19.7 Å². The van der Waals surface area contributed by atoms with E-state index in [2.05, 4.69) is 5.10 Å². The van der Waals surface area contributed by atoms with Crippen LogP contribution in [0.15, 0.2) is 18.2 Å². The maximum Gasteiger partial charge on any atom is 0.277 e. The zero-order valence-corrected chi connectivity index (χ0v) is 10.8. The molecule has 6 heteroatoms. The monoisotopic (exact) mass is 249 g/mol. The van der Waals surface area contributed by atoms with Gasteiger partial charge in [-0.1, -0.05) is 0 Å². The molecule has 2 rings (SSSR count). The summed E-state index contributed by atoms with van der Waals surface area (Å²) in [6, 6.07) is 5.26. The largest absolute Gasteiger partial charge is 0.481 e. The Balaban J connectivity index is 2.48. The predicted molar refractivity (Wildman–Crippen MR) is 66.4 cm³/mol. The highest BCUT2D eigenvalue weighted by atomic mass is 16.7. The molecular weight excluding hydrogens is 234 g/mol. The van der Waals surface area contributed by atoms with Crippen molar-refractivity contribution in [3.8, 4) is 5.88 Å². The van der Waals surface area contributed by atoms with Crippen molar-refractivity contribution < 1.29 is 14.4 Å². The lowest BCUT2D eigenvalue weighted by Gasteiger charge is -2.13. The summed E-state index contributed by atoms with van der Waals surface area (Å²) in [5.41, 5.74) is 1.23. The molecule has 0 aliphatic carbocycles. The van der Waals surface area contributed by atoms with Crippen molar-refractivity contribution in [2.24, 2.45) is 7.05 Å². The second-order valence-corrected chi connectivity index (χ2v) is 3.85. The quantitative estimate of drug-likeness (QED) is 0.767. The maximum atomic E-state index is 11.9. The highest BCUT2D eigenvalue weighted by molar-refractivity contribution is 5.98. The standard InChI is InChI=1S/C12H15N3O3/c1-14-12(17-3)9-6-5-8(7-10(9)13-14)11(16)15(2)18-4/h5-7H,1-4H3. The van der Waals surface area contributed by atoms with Gasteiger partial charge in [-0.15, -0.1) is 0 Å². The number of nitrogens with zero attached hydrogens (tertiary/aromatic N) is 3. The third kappa shape index (κ3) is 1.91. The van der Waals surface area contributed by atoms with Crippen LogP contribution >= 0.6 is 0 Å². The second-order valence-electron chi connectivity index (χ2n) is 3.85. The molecule has 0 saturated heterocycles. The second kappa shape index (κ2) is 4.66. The molecule has 2 aromatic rings. The van der Waals surface area contributed by atoms with E-state index in [0.717, 1.165) is 5.39 Å². The molecule has 1 aromatic heterocycles. The van der Waals surface area contributed by atoms with Gasteiger partial charge in [0.25, 0.3) is 5.91 Å². The average molecular weight is 249 g/mol. The fourth-order valence-corrected chi connectivity index (χ4v) is 1.82. The zero-order valence-electron chi connectivity index (χ0n) is 10.8. The highest BCUT2D eigenvalue weighted by Gasteiger charge is 2.15. The van der Waals surface area contributed by atoms with Crippen LogP contribution in [0.3, 0.4) is 0 Å². The number of hydroxylamine groups is 2. The van der Waals surface area contributed by atoms with Crippen LogP contribution in [0.4, 0.5) is 0 Å². The number of amides is 1. The third-order valence-corrected chi connectivity index (χ3v) is 2.78. The molecule has 0 aliphatic rings. The van der Waals surface area contributed by atoms with Crippen molar-refractivity contribution in [2.75, 3.05) is 21.3 Å². The summed E-state index contributed by atoms with van der Waals surface area (Å²) >= 11 is 0. The van der Waals surface area contributed by atoms with Crippen molar-refractivity contribution in [1.82, 2.24) is 14.8 Å². The minimum absolute atomic E-state index is 0.219. The molecule has 6 nitrogen and oxygen atoms in total. The molecule has 0 spiro atoms. The topological polar surface area (TPSA) is 56.6 Å². The number of benzene rings is 1. The molecule has 1 heterocycles. The van der Waals surface area contributed by atoms with Crippen LogP contribution in [-0.4, -0.2) is 42.0 Å². The van der Waals surface area contributed by atoms with Gasteiger partial charge >= 0.3 is 0 Å². The van der Waals surface area contributed by atoms with E-state index >= 15 is 0 Å². The normalized spacial score (nSPS) is 10.7. The molecule has 0 atom stereocenters. The summed E-state index contributed by atoms with van der Waals surface area (Å²) in [6.45, 7) is 0. The van der Waals surface area contributed by atoms with Gasteiger partial charge in [-0.2, -0.15) is 5.10 Å². The van der Waals surface area contributed by atoms with Crippen LogP contribution in [0.5, 0.6) is 5.88 Å². The summed E-state index contributed by atoms with van der Waals surface area (Å²) in [4.78, 5) is 16.8. The Hall–Kier alpha value is -2.08. The summed E-state index contributed by atoms with van der Waals surface area (Å²) < 4.78 is 6.89. The van der Waals surface area contributed by atoms with Gasteiger partial charge in [0.1, 0.15) is 0 Å². The molecule has 0 unspecified atom stereocenters. The smallest absolute Gasteiger partial charge is 0.277 e. The highest BCUT2D eigenvalue weighted by Crippen LogP contribution is 2.25. The van der Waals surface area contributed by atoms with E-state index in [-0.39, 0.29) is 5.91 Å². The fourth-order valence-electron chi connectivity index (χ4n) is 1.82. The number of fused-ring (bicyclic) bond motifs is 1. The van der Waals surface area contributed by atoms with Crippen molar-refractivity contribution in [3.05, 3.63) is 23.8 Å². The lowest BCUT2D eigenvalue weighted by Crippen LogP contribution is -2.25. The number of carbonyl (C=O) groups is 1. The van der Waals surface area contributed by atoms with Gasteiger partial charge in [-0.25, -0.2) is 9.75 Å². The minimum atomic E-state index is -0.219. The molecule has 0 saturated carbocycles. The third-order valence-electron chi connectivity index (χ3n) is 2.78. The summed E-state index contributed by atoms with van der Waals surface area (Å²) in [6.07, 6.45) is 0. The zero-order chi connectivity index (χ0) is 13.3. The summed E-state index contributed by atoms with van der Waals surface area (Å²) in [7, 11) is 6.39. The van der Waals surface area contributed by atoms with Crippen LogP contribution in [0.25, 0.3) is 10.9 Å². The number of carbonyl (C=O) groups excluding carboxylic acids is 1. The number of hydrogen-bond donors (Lipinski definition) is 0. The summed E-state index contributed by atoms with van der Waals surface area (Å²) in [5, 5.41) is 6.33. The number of methoxy groups -OCH3 is 1. The van der Waals surface area contributed by atoms with Gasteiger partial charge in [0.2, 0.25) is 5.88 Å². The minimum Gasteiger partial charge on any atom is -0.481 e. The van der Waals surface area contributed by atoms with Gasteiger partial charge < -0.3 is 4.74 Å². The SMILES string of the molecule is COc1c2ccc(C(=O)N(C)OC)cc2nn1C. The first kappa shape index (κ1) is 12.4. The molecule has 0 bridgehead atoms. The van der Waals surface area contributed by atoms with Gasteiger partial charge in [0.15, 0.2) is 0 Å². The Bertz CT molecular complexity index is 592. The predicted octanol–water partition coefficient (Wildman–Crippen LogP) is 1.22. The van der Waals surface area contributed by atoms with E-state index in [4.69, 9.17) is 9.57 Å². The number of hydrogen-bond acceptors (Lipinski definition) is 4. The Kier molecular flexibility index (Phi) is 3.20. The van der Waals surface area contributed by atoms with E-state index < -0.39 is 0 Å². The van der Waals surface area contributed by atoms with Gasteiger partial charge in [-0.05, 0) is 18.2 Å². The van der Waals surface area contributed by atoms with Crippen molar-refractivity contribution in [3.63, 3.8) is 0 Å². The van der Waals surface area contributed by atoms with E-state index in [1.165, 1.54) is 12.2 Å². The van der Waals surface area contributed by atoms with E-state index in [0.29, 0.717) is 17.0 Å². The molecule has 1 amide bonds. The first-order valence-electron chi connectivity index (χ1n) is 5.41. The molecule has 0 fully saturated rings. The van der Waals surface area contributed by atoms with Crippen LogP contribution in [0.1, 0.15) is 10.4 Å². The maximum absolute atomic E-state index is 11.9. The van der Waals surface area contributed by atoms with Gasteiger partial charge in [0.05, 0.1) is 25.1 Å².